The number of piperidine rings is 1. The summed E-state index contributed by atoms with van der Waals surface area (Å²) in [4.78, 5) is 13.9. The molecular formula is C26H33NO3. The summed E-state index contributed by atoms with van der Waals surface area (Å²) in [6, 6.07) is 15.3. The van der Waals surface area contributed by atoms with Crippen LogP contribution in [0.5, 0.6) is 5.75 Å². The first-order chi connectivity index (χ1) is 14.3. The van der Waals surface area contributed by atoms with Gasteiger partial charge in [0, 0.05) is 11.5 Å². The van der Waals surface area contributed by atoms with Gasteiger partial charge in [0.25, 0.3) is 0 Å². The van der Waals surface area contributed by atoms with Crippen molar-refractivity contribution in [1.82, 2.24) is 4.90 Å². The standard InChI is InChI=1S/C26H33NO3/c1-18-8-9-21-20(16-18)17-30-23-7-5-4-6-22(23)24(21)19-10-13-27(14-11-19)15-12-26(2,3)25(28)29/h4-9,16,19,24H,10-15,17H2,1-3H3,(H,28,29). The van der Waals surface area contributed by atoms with Gasteiger partial charge in [-0.15, -0.1) is 0 Å². The minimum absolute atomic E-state index is 0.358. The van der Waals surface area contributed by atoms with E-state index in [0.717, 1.165) is 38.2 Å². The SMILES string of the molecule is Cc1ccc2c(c1)COc1ccccc1C2C1CCN(CCC(C)(C)C(=O)O)CC1. The zero-order valence-electron chi connectivity index (χ0n) is 18.4. The predicted octanol–water partition coefficient (Wildman–Crippen LogP) is 5.23. The largest absolute Gasteiger partial charge is 0.489 e. The third kappa shape index (κ3) is 4.24. The lowest BCUT2D eigenvalue weighted by Gasteiger charge is -2.37. The van der Waals surface area contributed by atoms with Gasteiger partial charge in [-0.3, -0.25) is 4.79 Å². The number of fused-ring (bicyclic) bond motifs is 2. The van der Waals surface area contributed by atoms with Crippen LogP contribution in [0, 0.1) is 18.3 Å². The molecule has 2 aliphatic heterocycles. The maximum Gasteiger partial charge on any atom is 0.309 e. The molecule has 4 heteroatoms. The molecule has 30 heavy (non-hydrogen) atoms. The van der Waals surface area contributed by atoms with Crippen LogP contribution in [0.2, 0.25) is 0 Å². The zero-order chi connectivity index (χ0) is 21.3. The van der Waals surface area contributed by atoms with Crippen molar-refractivity contribution in [3.05, 3.63) is 64.7 Å². The summed E-state index contributed by atoms with van der Waals surface area (Å²) in [6.07, 6.45) is 2.94. The van der Waals surface area contributed by atoms with Crippen LogP contribution in [0.25, 0.3) is 0 Å². The highest BCUT2D eigenvalue weighted by atomic mass is 16.5. The Bertz CT molecular complexity index is 912. The Kier molecular flexibility index (Phi) is 5.88. The van der Waals surface area contributed by atoms with Crippen LogP contribution in [0.4, 0.5) is 0 Å². The molecule has 0 saturated carbocycles. The van der Waals surface area contributed by atoms with Gasteiger partial charge < -0.3 is 14.7 Å². The lowest BCUT2D eigenvalue weighted by atomic mass is 9.74. The Labute approximate surface area is 179 Å². The summed E-state index contributed by atoms with van der Waals surface area (Å²) in [5.74, 6) is 1.23. The molecule has 2 aliphatic rings. The molecule has 0 spiro atoms. The number of aryl methyl sites for hydroxylation is 1. The van der Waals surface area contributed by atoms with Crippen molar-refractivity contribution in [2.24, 2.45) is 11.3 Å². The smallest absolute Gasteiger partial charge is 0.309 e. The van der Waals surface area contributed by atoms with Crippen molar-refractivity contribution in [1.29, 1.82) is 0 Å². The van der Waals surface area contributed by atoms with Gasteiger partial charge in [0.1, 0.15) is 12.4 Å². The number of carboxylic acid groups (broad SMARTS) is 1. The average Bonchev–Trinajstić information content (AvgIpc) is 2.89. The molecule has 160 valence electrons. The van der Waals surface area contributed by atoms with E-state index in [2.05, 4.69) is 54.3 Å². The van der Waals surface area contributed by atoms with E-state index >= 15 is 0 Å². The highest BCUT2D eigenvalue weighted by Gasteiger charge is 2.34. The number of hydrogen-bond acceptors (Lipinski definition) is 3. The summed E-state index contributed by atoms with van der Waals surface area (Å²) in [5.41, 5.74) is 4.65. The first-order valence-corrected chi connectivity index (χ1v) is 11.1. The molecule has 0 aromatic heterocycles. The fourth-order valence-corrected chi connectivity index (χ4v) is 4.92. The quantitative estimate of drug-likeness (QED) is 0.737. The Morgan fingerprint density at radius 2 is 1.87 bits per heavy atom. The van der Waals surface area contributed by atoms with E-state index in [1.54, 1.807) is 0 Å². The van der Waals surface area contributed by atoms with Gasteiger partial charge in [-0.1, -0.05) is 42.0 Å². The van der Waals surface area contributed by atoms with Crippen molar-refractivity contribution in [3.63, 3.8) is 0 Å². The molecule has 0 radical (unpaired) electrons. The molecule has 4 rings (SSSR count). The topological polar surface area (TPSA) is 49.8 Å². The van der Waals surface area contributed by atoms with Crippen LogP contribution >= 0.6 is 0 Å². The van der Waals surface area contributed by atoms with Gasteiger partial charge in [0.2, 0.25) is 0 Å². The molecule has 2 aromatic rings. The third-order valence-electron chi connectivity index (χ3n) is 7.01. The molecule has 1 fully saturated rings. The zero-order valence-corrected chi connectivity index (χ0v) is 18.4. The number of aliphatic carboxylic acids is 1. The second-order valence-electron chi connectivity index (χ2n) is 9.62. The lowest BCUT2D eigenvalue weighted by Crippen LogP contribution is -2.38. The fourth-order valence-electron chi connectivity index (χ4n) is 4.92. The maximum atomic E-state index is 11.4. The van der Waals surface area contributed by atoms with Gasteiger partial charge >= 0.3 is 5.97 Å². The van der Waals surface area contributed by atoms with Crippen molar-refractivity contribution < 1.29 is 14.6 Å². The van der Waals surface area contributed by atoms with Gasteiger partial charge in [-0.25, -0.2) is 0 Å². The summed E-state index contributed by atoms with van der Waals surface area (Å²) < 4.78 is 6.20. The summed E-state index contributed by atoms with van der Waals surface area (Å²) >= 11 is 0. The summed E-state index contributed by atoms with van der Waals surface area (Å²) in [5, 5.41) is 9.38. The highest BCUT2D eigenvalue weighted by molar-refractivity contribution is 5.73. The molecule has 0 aliphatic carbocycles. The summed E-state index contributed by atoms with van der Waals surface area (Å²) in [7, 11) is 0. The molecule has 1 N–H and O–H groups in total. The number of carboxylic acids is 1. The highest BCUT2D eigenvalue weighted by Crippen LogP contribution is 2.45. The first kappa shape index (κ1) is 20.9. The normalized spacial score (nSPS) is 20.0. The average molecular weight is 408 g/mol. The van der Waals surface area contributed by atoms with E-state index in [9.17, 15) is 9.90 Å². The molecular weight excluding hydrogens is 374 g/mol. The Morgan fingerprint density at radius 1 is 1.13 bits per heavy atom. The van der Waals surface area contributed by atoms with E-state index < -0.39 is 11.4 Å². The summed E-state index contributed by atoms with van der Waals surface area (Å²) in [6.45, 7) is 9.33. The van der Waals surface area contributed by atoms with E-state index in [1.807, 2.05) is 13.8 Å². The monoisotopic (exact) mass is 407 g/mol. The second-order valence-corrected chi connectivity index (χ2v) is 9.62. The van der Waals surface area contributed by atoms with Crippen LogP contribution in [0.1, 0.15) is 61.3 Å². The van der Waals surface area contributed by atoms with Crippen molar-refractivity contribution in [2.75, 3.05) is 19.6 Å². The number of ether oxygens (including phenoxy) is 1. The van der Waals surface area contributed by atoms with Crippen molar-refractivity contribution in [2.45, 2.75) is 52.6 Å². The molecule has 0 bridgehead atoms. The molecule has 4 nitrogen and oxygen atoms in total. The van der Waals surface area contributed by atoms with Gasteiger partial charge in [-0.2, -0.15) is 0 Å². The number of hydrogen-bond donors (Lipinski definition) is 1. The van der Waals surface area contributed by atoms with Gasteiger partial charge in [0.05, 0.1) is 5.41 Å². The fraction of sp³-hybridized carbons (Fsp3) is 0.500. The van der Waals surface area contributed by atoms with E-state index in [1.165, 1.54) is 22.3 Å². The Balaban J connectivity index is 1.53. The second kappa shape index (κ2) is 8.43. The van der Waals surface area contributed by atoms with Crippen LogP contribution in [-0.2, 0) is 11.4 Å². The number of benzene rings is 2. The number of nitrogens with zero attached hydrogens (tertiary/aromatic N) is 1. The minimum Gasteiger partial charge on any atom is -0.489 e. The lowest BCUT2D eigenvalue weighted by molar-refractivity contribution is -0.147. The maximum absolute atomic E-state index is 11.4. The number of para-hydroxylation sites is 1. The minimum atomic E-state index is -0.709. The first-order valence-electron chi connectivity index (χ1n) is 11.1. The Morgan fingerprint density at radius 3 is 2.60 bits per heavy atom. The van der Waals surface area contributed by atoms with Crippen LogP contribution < -0.4 is 4.74 Å². The number of carbonyl (C=O) groups is 1. The molecule has 1 atom stereocenters. The third-order valence-corrected chi connectivity index (χ3v) is 7.01. The van der Waals surface area contributed by atoms with E-state index in [0.29, 0.717) is 24.9 Å². The molecule has 2 aromatic carbocycles. The van der Waals surface area contributed by atoms with Crippen LogP contribution in [-0.4, -0.2) is 35.6 Å². The van der Waals surface area contributed by atoms with Crippen LogP contribution in [0.3, 0.4) is 0 Å². The number of likely N-dealkylation sites (tertiary alicyclic amines) is 1. The molecule has 1 unspecified atom stereocenters. The molecule has 2 heterocycles. The van der Waals surface area contributed by atoms with Gasteiger partial charge in [0.15, 0.2) is 0 Å². The van der Waals surface area contributed by atoms with Crippen LogP contribution in [0.15, 0.2) is 42.5 Å². The molecule has 0 amide bonds. The van der Waals surface area contributed by atoms with Crippen molar-refractivity contribution in [3.8, 4) is 5.75 Å². The predicted molar refractivity (Wildman–Crippen MR) is 119 cm³/mol. The molecule has 1 saturated heterocycles. The van der Waals surface area contributed by atoms with E-state index in [4.69, 9.17) is 4.74 Å². The van der Waals surface area contributed by atoms with Crippen molar-refractivity contribution >= 4 is 5.97 Å². The number of rotatable bonds is 5. The Hall–Kier alpha value is -2.33. The van der Waals surface area contributed by atoms with E-state index in [-0.39, 0.29) is 0 Å². The van der Waals surface area contributed by atoms with Gasteiger partial charge in [-0.05, 0) is 82.8 Å².